The lowest BCUT2D eigenvalue weighted by Gasteiger charge is -2.20. The highest BCUT2D eigenvalue weighted by molar-refractivity contribution is 5.82. The van der Waals surface area contributed by atoms with E-state index in [1.807, 2.05) is 36.4 Å². The number of rotatable bonds is 4. The molecule has 2 N–H and O–H groups in total. The normalized spacial score (nSPS) is 12.2. The molecule has 2 heterocycles. The molecule has 2 aromatic carbocycles. The number of imidazole rings is 1. The first kappa shape index (κ1) is 14.3. The van der Waals surface area contributed by atoms with E-state index in [1.54, 1.807) is 12.4 Å². The Hall–Kier alpha value is -3.28. The number of aromatic nitrogens is 4. The van der Waals surface area contributed by atoms with E-state index >= 15 is 0 Å². The Balaban J connectivity index is 1.80. The van der Waals surface area contributed by atoms with Crippen molar-refractivity contribution in [3.05, 3.63) is 84.2 Å². The van der Waals surface area contributed by atoms with Crippen molar-refractivity contribution in [2.24, 2.45) is 0 Å². The summed E-state index contributed by atoms with van der Waals surface area (Å²) in [7, 11) is 0. The van der Waals surface area contributed by atoms with Crippen molar-refractivity contribution >= 4 is 17.0 Å². The maximum atomic E-state index is 13.7. The van der Waals surface area contributed by atoms with Gasteiger partial charge in [0.2, 0.25) is 0 Å². The molecule has 0 aliphatic carbocycles. The summed E-state index contributed by atoms with van der Waals surface area (Å²) in [6.45, 7) is 0. The first-order chi connectivity index (χ1) is 11.8. The Kier molecular flexibility index (Phi) is 3.63. The maximum absolute atomic E-state index is 13.7. The quantitative estimate of drug-likeness (QED) is 0.602. The van der Waals surface area contributed by atoms with Crippen LogP contribution in [-0.2, 0) is 0 Å². The van der Waals surface area contributed by atoms with Crippen molar-refractivity contribution in [2.45, 2.75) is 6.04 Å². The molecule has 0 saturated carbocycles. The van der Waals surface area contributed by atoms with Gasteiger partial charge in [0.15, 0.2) is 11.5 Å². The minimum atomic E-state index is -0.274. The molecule has 24 heavy (non-hydrogen) atoms. The number of benzene rings is 2. The van der Waals surface area contributed by atoms with Gasteiger partial charge in [-0.2, -0.15) is 0 Å². The van der Waals surface area contributed by atoms with Crippen LogP contribution in [0.25, 0.3) is 11.2 Å². The van der Waals surface area contributed by atoms with Gasteiger partial charge < -0.3 is 10.3 Å². The van der Waals surface area contributed by atoms with E-state index in [2.05, 4.69) is 25.3 Å². The average molecular weight is 319 g/mol. The molecule has 0 fully saturated rings. The Morgan fingerprint density at radius 2 is 1.75 bits per heavy atom. The minimum absolute atomic E-state index is 0.247. The van der Waals surface area contributed by atoms with Gasteiger partial charge in [-0.05, 0) is 23.3 Å². The molecule has 0 spiro atoms. The van der Waals surface area contributed by atoms with Gasteiger partial charge in [-0.15, -0.1) is 0 Å². The average Bonchev–Trinajstić information content (AvgIpc) is 3.10. The van der Waals surface area contributed by atoms with Crippen LogP contribution in [0.2, 0.25) is 0 Å². The number of anilines is 1. The lowest BCUT2D eigenvalue weighted by Crippen LogP contribution is -2.14. The van der Waals surface area contributed by atoms with Crippen LogP contribution >= 0.6 is 0 Å². The third-order valence-electron chi connectivity index (χ3n) is 3.82. The number of nitrogens with one attached hydrogen (secondary N) is 2. The molecule has 4 aromatic rings. The minimum Gasteiger partial charge on any atom is -0.357 e. The van der Waals surface area contributed by atoms with Crippen molar-refractivity contribution in [1.29, 1.82) is 0 Å². The van der Waals surface area contributed by atoms with Gasteiger partial charge in [0.25, 0.3) is 0 Å². The molecule has 1 atom stereocenters. The van der Waals surface area contributed by atoms with E-state index < -0.39 is 0 Å². The fourth-order valence-electron chi connectivity index (χ4n) is 2.70. The number of halogens is 1. The molecule has 118 valence electrons. The molecule has 1 unspecified atom stereocenters. The standard InChI is InChI=1S/C18H14FN5/c19-14-8-4-7-13(9-14)15(12-5-2-1-3-6-12)24-18-16-17(21-10-20-16)22-11-23-18/h1-11,15H,(H2,20,21,22,23,24). The summed E-state index contributed by atoms with van der Waals surface area (Å²) in [4.78, 5) is 15.6. The van der Waals surface area contributed by atoms with E-state index in [0.29, 0.717) is 11.5 Å². The number of hydrogen-bond donors (Lipinski definition) is 2. The second-order valence-corrected chi connectivity index (χ2v) is 5.37. The first-order valence-corrected chi connectivity index (χ1v) is 7.52. The van der Waals surface area contributed by atoms with Gasteiger partial charge in [-0.25, -0.2) is 19.3 Å². The fourth-order valence-corrected chi connectivity index (χ4v) is 2.70. The zero-order valence-corrected chi connectivity index (χ0v) is 12.6. The summed E-state index contributed by atoms with van der Waals surface area (Å²) in [5.74, 6) is 0.347. The maximum Gasteiger partial charge on any atom is 0.182 e. The molecule has 0 saturated heterocycles. The van der Waals surface area contributed by atoms with E-state index in [-0.39, 0.29) is 11.9 Å². The highest BCUT2D eigenvalue weighted by Gasteiger charge is 2.17. The van der Waals surface area contributed by atoms with Gasteiger partial charge in [0.05, 0.1) is 12.4 Å². The van der Waals surface area contributed by atoms with Crippen LogP contribution in [0, 0.1) is 5.82 Å². The number of hydrogen-bond acceptors (Lipinski definition) is 4. The van der Waals surface area contributed by atoms with Gasteiger partial charge >= 0.3 is 0 Å². The van der Waals surface area contributed by atoms with Gasteiger partial charge in [0, 0.05) is 0 Å². The molecule has 6 heteroatoms. The highest BCUT2D eigenvalue weighted by Crippen LogP contribution is 2.28. The van der Waals surface area contributed by atoms with Crippen LogP contribution in [0.3, 0.4) is 0 Å². The first-order valence-electron chi connectivity index (χ1n) is 7.52. The summed E-state index contributed by atoms with van der Waals surface area (Å²) in [6.07, 6.45) is 3.03. The topological polar surface area (TPSA) is 66.5 Å². The number of fused-ring (bicyclic) bond motifs is 1. The Labute approximate surface area is 137 Å². The molecular weight excluding hydrogens is 305 g/mol. The predicted molar refractivity (Wildman–Crippen MR) is 90.0 cm³/mol. The van der Waals surface area contributed by atoms with Crippen LogP contribution in [-0.4, -0.2) is 19.9 Å². The summed E-state index contributed by atoms with van der Waals surface area (Å²) in [6, 6.07) is 16.1. The summed E-state index contributed by atoms with van der Waals surface area (Å²) in [5.41, 5.74) is 3.12. The molecule has 0 amide bonds. The lowest BCUT2D eigenvalue weighted by atomic mass is 9.98. The largest absolute Gasteiger partial charge is 0.357 e. The molecule has 0 aliphatic heterocycles. The van der Waals surface area contributed by atoms with Crippen LogP contribution in [0.5, 0.6) is 0 Å². The fraction of sp³-hybridized carbons (Fsp3) is 0.0556. The van der Waals surface area contributed by atoms with E-state index in [9.17, 15) is 4.39 Å². The third-order valence-corrected chi connectivity index (χ3v) is 3.82. The molecule has 0 aliphatic rings. The zero-order valence-electron chi connectivity index (χ0n) is 12.6. The number of nitrogens with zero attached hydrogens (tertiary/aromatic N) is 3. The lowest BCUT2D eigenvalue weighted by molar-refractivity contribution is 0.624. The van der Waals surface area contributed by atoms with Crippen molar-refractivity contribution in [3.8, 4) is 0 Å². The SMILES string of the molecule is Fc1cccc(C(Nc2ncnc3nc[nH]c23)c2ccccc2)c1. The van der Waals surface area contributed by atoms with Crippen molar-refractivity contribution < 1.29 is 4.39 Å². The summed E-state index contributed by atoms with van der Waals surface area (Å²) < 4.78 is 13.7. The summed E-state index contributed by atoms with van der Waals surface area (Å²) >= 11 is 0. The van der Waals surface area contributed by atoms with Crippen LogP contribution < -0.4 is 5.32 Å². The van der Waals surface area contributed by atoms with Gasteiger partial charge in [-0.1, -0.05) is 42.5 Å². The van der Waals surface area contributed by atoms with Crippen molar-refractivity contribution in [1.82, 2.24) is 19.9 Å². The molecule has 5 nitrogen and oxygen atoms in total. The molecule has 0 bridgehead atoms. The Morgan fingerprint density at radius 3 is 2.58 bits per heavy atom. The van der Waals surface area contributed by atoms with Crippen molar-refractivity contribution in [2.75, 3.05) is 5.32 Å². The van der Waals surface area contributed by atoms with Crippen LogP contribution in [0.4, 0.5) is 10.2 Å². The van der Waals surface area contributed by atoms with E-state index in [0.717, 1.165) is 16.6 Å². The van der Waals surface area contributed by atoms with Gasteiger partial charge in [0.1, 0.15) is 17.7 Å². The van der Waals surface area contributed by atoms with Crippen LogP contribution in [0.15, 0.2) is 67.3 Å². The number of H-pyrrole nitrogens is 1. The Morgan fingerprint density at radius 1 is 0.917 bits per heavy atom. The second-order valence-electron chi connectivity index (χ2n) is 5.37. The molecular formula is C18H14FN5. The third kappa shape index (κ3) is 2.69. The molecule has 2 aromatic heterocycles. The number of aromatic amines is 1. The molecule has 0 radical (unpaired) electrons. The smallest absolute Gasteiger partial charge is 0.182 e. The highest BCUT2D eigenvalue weighted by atomic mass is 19.1. The summed E-state index contributed by atoms with van der Waals surface area (Å²) in [5, 5.41) is 3.38. The van der Waals surface area contributed by atoms with E-state index in [1.165, 1.54) is 18.5 Å². The monoisotopic (exact) mass is 319 g/mol. The van der Waals surface area contributed by atoms with Crippen LogP contribution in [0.1, 0.15) is 17.2 Å². The second kappa shape index (κ2) is 6.08. The van der Waals surface area contributed by atoms with Gasteiger partial charge in [-0.3, -0.25) is 0 Å². The molecule has 4 rings (SSSR count). The zero-order chi connectivity index (χ0) is 16.4. The predicted octanol–water partition coefficient (Wildman–Crippen LogP) is 3.69. The van der Waals surface area contributed by atoms with E-state index in [4.69, 9.17) is 0 Å². The van der Waals surface area contributed by atoms with Crippen molar-refractivity contribution in [3.63, 3.8) is 0 Å². The Bertz CT molecular complexity index is 967.